The number of carbonyl (C=O) groups excluding carboxylic acids is 1. The molecule has 0 bridgehead atoms. The molecule has 0 N–H and O–H groups in total. The Morgan fingerprint density at radius 3 is 2.67 bits per heavy atom. The Morgan fingerprint density at radius 2 is 1.95 bits per heavy atom. The Kier molecular flexibility index (Phi) is 3.66. The first-order valence-electron chi connectivity index (χ1n) is 6.28. The smallest absolute Gasteiger partial charge is 0.269 e. The third-order valence-corrected chi connectivity index (χ3v) is 4.89. The van der Waals surface area contributed by atoms with E-state index in [0.29, 0.717) is 15.6 Å². The number of benzene rings is 2. The fourth-order valence-corrected chi connectivity index (χ4v) is 3.59. The first-order valence-corrected chi connectivity index (χ1v) is 7.48. The van der Waals surface area contributed by atoms with Crippen LogP contribution in [0.1, 0.15) is 9.67 Å². The minimum absolute atomic E-state index is 0.244. The van der Waals surface area contributed by atoms with Crippen LogP contribution in [0.4, 0.5) is 10.1 Å². The zero-order chi connectivity index (χ0) is 15.0. The van der Waals surface area contributed by atoms with Gasteiger partial charge in [0.05, 0.1) is 5.02 Å². The molecule has 0 aliphatic carbocycles. The summed E-state index contributed by atoms with van der Waals surface area (Å²) in [6.45, 7) is 0. The van der Waals surface area contributed by atoms with Crippen LogP contribution in [0.3, 0.4) is 0 Å². The first kappa shape index (κ1) is 14.0. The lowest BCUT2D eigenvalue weighted by atomic mass is 10.2. The Balaban J connectivity index is 2.02. The average Bonchev–Trinajstić information content (AvgIpc) is 2.83. The molecule has 3 aromatic rings. The second kappa shape index (κ2) is 5.47. The van der Waals surface area contributed by atoms with Crippen molar-refractivity contribution in [1.82, 2.24) is 0 Å². The van der Waals surface area contributed by atoms with Gasteiger partial charge in [-0.15, -0.1) is 11.3 Å². The summed E-state index contributed by atoms with van der Waals surface area (Å²) in [5.74, 6) is -0.624. The van der Waals surface area contributed by atoms with Crippen molar-refractivity contribution in [3.8, 4) is 0 Å². The molecule has 21 heavy (non-hydrogen) atoms. The molecular weight excluding hydrogens is 309 g/mol. The van der Waals surface area contributed by atoms with Crippen LogP contribution >= 0.6 is 22.9 Å². The molecule has 5 heteroatoms. The monoisotopic (exact) mass is 319 g/mol. The summed E-state index contributed by atoms with van der Waals surface area (Å²) in [4.78, 5) is 14.4. The van der Waals surface area contributed by atoms with Crippen LogP contribution in [0.2, 0.25) is 5.02 Å². The van der Waals surface area contributed by atoms with Crippen molar-refractivity contribution in [3.05, 3.63) is 64.2 Å². The highest BCUT2D eigenvalue weighted by atomic mass is 35.5. The lowest BCUT2D eigenvalue weighted by Crippen LogP contribution is -2.25. The SMILES string of the molecule is CN(C(=O)c1sc2ccccc2c1Cl)c1cccc(F)c1. The van der Waals surface area contributed by atoms with Gasteiger partial charge in [-0.25, -0.2) is 4.39 Å². The van der Waals surface area contributed by atoms with Gasteiger partial charge in [0.15, 0.2) is 0 Å². The van der Waals surface area contributed by atoms with E-state index < -0.39 is 0 Å². The Labute approximate surface area is 130 Å². The zero-order valence-corrected chi connectivity index (χ0v) is 12.7. The summed E-state index contributed by atoms with van der Waals surface area (Å²) in [5, 5.41) is 1.31. The van der Waals surface area contributed by atoms with Crippen LogP contribution in [0, 0.1) is 5.82 Å². The summed E-state index contributed by atoms with van der Waals surface area (Å²) in [6, 6.07) is 13.5. The van der Waals surface area contributed by atoms with E-state index in [0.717, 1.165) is 10.1 Å². The number of nitrogens with zero attached hydrogens (tertiary/aromatic N) is 1. The molecular formula is C16H11ClFNOS. The van der Waals surface area contributed by atoms with Gasteiger partial charge in [-0.2, -0.15) is 0 Å². The van der Waals surface area contributed by atoms with E-state index in [1.807, 2.05) is 24.3 Å². The molecule has 0 saturated heterocycles. The summed E-state index contributed by atoms with van der Waals surface area (Å²) in [5.41, 5.74) is 0.494. The number of hydrogen-bond acceptors (Lipinski definition) is 2. The molecule has 2 nitrogen and oxygen atoms in total. The molecule has 2 aromatic carbocycles. The van der Waals surface area contributed by atoms with Gasteiger partial charge in [0.2, 0.25) is 0 Å². The Hall–Kier alpha value is -1.91. The number of thiophene rings is 1. The normalized spacial score (nSPS) is 10.8. The lowest BCUT2D eigenvalue weighted by Gasteiger charge is -2.16. The van der Waals surface area contributed by atoms with Crippen LogP contribution in [0.5, 0.6) is 0 Å². The van der Waals surface area contributed by atoms with E-state index in [1.54, 1.807) is 19.2 Å². The average molecular weight is 320 g/mol. The molecule has 1 heterocycles. The van der Waals surface area contributed by atoms with Gasteiger partial charge in [0.25, 0.3) is 5.91 Å². The fourth-order valence-electron chi connectivity index (χ4n) is 2.11. The number of anilines is 1. The van der Waals surface area contributed by atoms with Crippen molar-refractivity contribution >= 4 is 44.6 Å². The molecule has 0 saturated carbocycles. The molecule has 0 aliphatic heterocycles. The maximum Gasteiger partial charge on any atom is 0.269 e. The van der Waals surface area contributed by atoms with Crippen molar-refractivity contribution in [2.24, 2.45) is 0 Å². The predicted molar refractivity (Wildman–Crippen MR) is 86.0 cm³/mol. The number of rotatable bonds is 2. The van der Waals surface area contributed by atoms with Crippen LogP contribution < -0.4 is 4.90 Å². The number of hydrogen-bond donors (Lipinski definition) is 0. The van der Waals surface area contributed by atoms with Gasteiger partial charge >= 0.3 is 0 Å². The Bertz CT molecular complexity index is 830. The summed E-state index contributed by atoms with van der Waals surface area (Å²) >= 11 is 7.65. The van der Waals surface area contributed by atoms with Crippen LogP contribution in [-0.2, 0) is 0 Å². The number of fused-ring (bicyclic) bond motifs is 1. The second-order valence-electron chi connectivity index (χ2n) is 4.59. The van der Waals surface area contributed by atoms with E-state index >= 15 is 0 Å². The highest BCUT2D eigenvalue weighted by Gasteiger charge is 2.21. The third kappa shape index (κ3) is 2.52. The lowest BCUT2D eigenvalue weighted by molar-refractivity contribution is 0.0997. The van der Waals surface area contributed by atoms with Gasteiger partial charge in [0, 0.05) is 22.8 Å². The summed E-state index contributed by atoms with van der Waals surface area (Å²) in [6.07, 6.45) is 0. The molecule has 0 fully saturated rings. The molecule has 3 rings (SSSR count). The third-order valence-electron chi connectivity index (χ3n) is 3.23. The standard InChI is InChI=1S/C16H11ClFNOS/c1-19(11-6-4-5-10(18)9-11)16(20)15-14(17)12-7-2-3-8-13(12)21-15/h2-9H,1H3. The van der Waals surface area contributed by atoms with E-state index in [2.05, 4.69) is 0 Å². The summed E-state index contributed by atoms with van der Waals surface area (Å²) < 4.78 is 14.2. The van der Waals surface area contributed by atoms with Crippen molar-refractivity contribution in [2.75, 3.05) is 11.9 Å². The maximum atomic E-state index is 13.3. The van der Waals surface area contributed by atoms with Crippen molar-refractivity contribution in [3.63, 3.8) is 0 Å². The van der Waals surface area contributed by atoms with Gasteiger partial charge in [-0.3, -0.25) is 4.79 Å². The van der Waals surface area contributed by atoms with E-state index in [1.165, 1.54) is 28.4 Å². The van der Waals surface area contributed by atoms with Crippen molar-refractivity contribution in [1.29, 1.82) is 0 Å². The van der Waals surface area contributed by atoms with Crippen LogP contribution in [0.25, 0.3) is 10.1 Å². The predicted octanol–water partition coefficient (Wildman–Crippen LogP) is 4.97. The molecule has 0 unspecified atom stereocenters. The fraction of sp³-hybridized carbons (Fsp3) is 0.0625. The van der Waals surface area contributed by atoms with Crippen molar-refractivity contribution < 1.29 is 9.18 Å². The van der Waals surface area contributed by atoms with Gasteiger partial charge in [-0.1, -0.05) is 35.9 Å². The van der Waals surface area contributed by atoms with Crippen LogP contribution in [-0.4, -0.2) is 13.0 Å². The molecule has 106 valence electrons. The minimum atomic E-state index is -0.380. The second-order valence-corrected chi connectivity index (χ2v) is 6.02. The van der Waals surface area contributed by atoms with Gasteiger partial charge < -0.3 is 4.90 Å². The first-order chi connectivity index (χ1) is 10.1. The van der Waals surface area contributed by atoms with Crippen LogP contribution in [0.15, 0.2) is 48.5 Å². The van der Waals surface area contributed by atoms with Gasteiger partial charge in [0.1, 0.15) is 10.7 Å². The van der Waals surface area contributed by atoms with Gasteiger partial charge in [-0.05, 0) is 24.3 Å². The molecule has 0 atom stereocenters. The Morgan fingerprint density at radius 1 is 1.19 bits per heavy atom. The molecule has 0 spiro atoms. The minimum Gasteiger partial charge on any atom is -0.311 e. The quantitative estimate of drug-likeness (QED) is 0.653. The topological polar surface area (TPSA) is 20.3 Å². The van der Waals surface area contributed by atoms with E-state index in [-0.39, 0.29) is 11.7 Å². The largest absolute Gasteiger partial charge is 0.311 e. The van der Waals surface area contributed by atoms with E-state index in [4.69, 9.17) is 11.6 Å². The number of halogens is 2. The molecule has 0 radical (unpaired) electrons. The summed E-state index contributed by atoms with van der Waals surface area (Å²) in [7, 11) is 1.61. The molecule has 0 aliphatic rings. The highest BCUT2D eigenvalue weighted by Crippen LogP contribution is 2.36. The van der Waals surface area contributed by atoms with Crippen molar-refractivity contribution in [2.45, 2.75) is 0 Å². The molecule has 1 amide bonds. The number of amides is 1. The van der Waals surface area contributed by atoms with E-state index in [9.17, 15) is 9.18 Å². The highest BCUT2D eigenvalue weighted by molar-refractivity contribution is 7.21. The molecule has 1 aromatic heterocycles. The number of carbonyl (C=O) groups is 1. The maximum absolute atomic E-state index is 13.3. The zero-order valence-electron chi connectivity index (χ0n) is 11.1.